The number of nitrogens with zero attached hydrogens (tertiary/aromatic N) is 2. The Labute approximate surface area is 182 Å². The van der Waals surface area contributed by atoms with Gasteiger partial charge in [0.15, 0.2) is 0 Å². The number of aromatic nitrogens is 1. The summed E-state index contributed by atoms with van der Waals surface area (Å²) in [6, 6.07) is 14.5. The molecule has 0 spiro atoms. The molecule has 1 aliphatic heterocycles. The van der Waals surface area contributed by atoms with E-state index in [1.54, 1.807) is 6.07 Å². The molecule has 2 amide bonds. The summed E-state index contributed by atoms with van der Waals surface area (Å²) in [5.74, 6) is 1.43. The Morgan fingerprint density at radius 1 is 1.00 bits per heavy atom. The largest absolute Gasteiger partial charge is 0.573 e. The maximum atomic E-state index is 12.3. The molecule has 1 saturated carbocycles. The first-order valence-corrected chi connectivity index (χ1v) is 10.4. The summed E-state index contributed by atoms with van der Waals surface area (Å²) in [6.07, 6.45) is -0.945. The predicted octanol–water partition coefficient (Wildman–Crippen LogP) is 5.77. The number of benzene rings is 2. The molecule has 2 aliphatic rings. The lowest BCUT2D eigenvalue weighted by atomic mass is 10.1. The van der Waals surface area contributed by atoms with Crippen LogP contribution in [-0.4, -0.2) is 30.0 Å². The van der Waals surface area contributed by atoms with Crippen LogP contribution in [0.5, 0.6) is 5.75 Å². The van der Waals surface area contributed by atoms with Gasteiger partial charge in [-0.3, -0.25) is 0 Å². The molecule has 32 heavy (non-hydrogen) atoms. The van der Waals surface area contributed by atoms with Crippen molar-refractivity contribution in [1.82, 2.24) is 4.98 Å². The Bertz CT molecular complexity index is 1150. The molecule has 1 saturated heterocycles. The average molecular weight is 442 g/mol. The van der Waals surface area contributed by atoms with Gasteiger partial charge in [0, 0.05) is 29.3 Å². The third kappa shape index (κ3) is 4.42. The molecule has 2 aromatic carbocycles. The number of urea groups is 1. The lowest BCUT2D eigenvalue weighted by Gasteiger charge is -2.28. The van der Waals surface area contributed by atoms with E-state index in [9.17, 15) is 18.0 Å². The lowest BCUT2D eigenvalue weighted by Crippen LogP contribution is -2.32. The van der Waals surface area contributed by atoms with Crippen LogP contribution in [0.25, 0.3) is 10.9 Å². The number of alkyl halides is 3. The fourth-order valence-electron chi connectivity index (χ4n) is 4.59. The molecule has 1 aromatic heterocycles. The summed E-state index contributed by atoms with van der Waals surface area (Å²) in [5, 5.41) is 6.22. The number of carbonyl (C=O) groups is 1. The molecule has 9 heteroatoms. The average Bonchev–Trinajstić information content (AvgIpc) is 3.37. The Morgan fingerprint density at radius 3 is 2.44 bits per heavy atom. The quantitative estimate of drug-likeness (QED) is 0.539. The minimum atomic E-state index is -4.76. The standard InChI is InChI=1S/C23H21F3N4O2/c24-23(25,26)32-19-7-3-16(4-8-19)27-22(31)28-17-5-9-20-15(12-17)2-10-21(29-20)30-13-14-1-6-18(30)11-14/h2-5,7-10,12,14,18H,1,6,11,13H2,(H2,27,28,31)/t14-,18-/m0/s1. The molecule has 2 fully saturated rings. The van der Waals surface area contributed by atoms with Crippen LogP contribution < -0.4 is 20.3 Å². The van der Waals surface area contributed by atoms with Gasteiger partial charge in [-0.05, 0) is 79.8 Å². The van der Waals surface area contributed by atoms with E-state index in [2.05, 4.69) is 20.3 Å². The van der Waals surface area contributed by atoms with Crippen LogP contribution in [0, 0.1) is 5.92 Å². The number of rotatable bonds is 4. The number of carbonyl (C=O) groups excluding carboxylic acids is 1. The molecular weight excluding hydrogens is 421 g/mol. The predicted molar refractivity (Wildman–Crippen MR) is 116 cm³/mol. The highest BCUT2D eigenvalue weighted by Crippen LogP contribution is 2.39. The lowest BCUT2D eigenvalue weighted by molar-refractivity contribution is -0.274. The van der Waals surface area contributed by atoms with Crippen LogP contribution in [0.3, 0.4) is 0 Å². The van der Waals surface area contributed by atoms with Gasteiger partial charge in [-0.15, -0.1) is 13.2 Å². The van der Waals surface area contributed by atoms with Crippen LogP contribution in [0.1, 0.15) is 19.3 Å². The van der Waals surface area contributed by atoms with E-state index in [1.165, 1.54) is 31.4 Å². The Balaban J connectivity index is 1.23. The van der Waals surface area contributed by atoms with Gasteiger partial charge in [0.2, 0.25) is 0 Å². The SMILES string of the molecule is O=C(Nc1ccc(OC(F)(F)F)cc1)Nc1ccc2nc(N3C[C@H]4CC[C@H]3C4)ccc2c1. The van der Waals surface area contributed by atoms with Crippen LogP contribution in [0.4, 0.5) is 35.2 Å². The van der Waals surface area contributed by atoms with Gasteiger partial charge in [0.1, 0.15) is 11.6 Å². The van der Waals surface area contributed by atoms with E-state index in [1.807, 2.05) is 24.3 Å². The van der Waals surface area contributed by atoms with Crippen molar-refractivity contribution in [3.63, 3.8) is 0 Å². The van der Waals surface area contributed by atoms with Crippen molar-refractivity contribution in [2.45, 2.75) is 31.7 Å². The van der Waals surface area contributed by atoms with Crippen molar-refractivity contribution in [2.75, 3.05) is 22.1 Å². The third-order valence-electron chi connectivity index (χ3n) is 5.98. The van der Waals surface area contributed by atoms with Crippen LogP contribution in [0.15, 0.2) is 54.6 Å². The fourth-order valence-corrected chi connectivity index (χ4v) is 4.59. The van der Waals surface area contributed by atoms with E-state index >= 15 is 0 Å². The van der Waals surface area contributed by atoms with Gasteiger partial charge >= 0.3 is 12.4 Å². The molecule has 2 heterocycles. The normalized spacial score (nSPS) is 19.9. The molecule has 2 bridgehead atoms. The van der Waals surface area contributed by atoms with Crippen molar-refractivity contribution in [2.24, 2.45) is 5.92 Å². The number of hydrogen-bond acceptors (Lipinski definition) is 4. The summed E-state index contributed by atoms with van der Waals surface area (Å²) < 4.78 is 40.5. The van der Waals surface area contributed by atoms with Crippen LogP contribution in [0.2, 0.25) is 0 Å². The van der Waals surface area contributed by atoms with Crippen molar-refractivity contribution in [3.05, 3.63) is 54.6 Å². The smallest absolute Gasteiger partial charge is 0.406 e. The molecule has 2 atom stereocenters. The summed E-state index contributed by atoms with van der Waals surface area (Å²) in [7, 11) is 0. The van der Waals surface area contributed by atoms with Crippen molar-refractivity contribution in [1.29, 1.82) is 0 Å². The van der Waals surface area contributed by atoms with Gasteiger partial charge in [-0.2, -0.15) is 0 Å². The van der Waals surface area contributed by atoms with E-state index in [-0.39, 0.29) is 5.75 Å². The molecule has 5 rings (SSSR count). The zero-order chi connectivity index (χ0) is 22.3. The zero-order valence-corrected chi connectivity index (χ0v) is 17.0. The molecule has 2 N–H and O–H groups in total. The van der Waals surface area contributed by atoms with Crippen LogP contribution >= 0.6 is 0 Å². The minimum absolute atomic E-state index is 0.337. The monoisotopic (exact) mass is 442 g/mol. The Morgan fingerprint density at radius 2 is 1.75 bits per heavy atom. The first-order chi connectivity index (χ1) is 15.3. The van der Waals surface area contributed by atoms with Crippen molar-refractivity contribution in [3.8, 4) is 5.75 Å². The highest BCUT2D eigenvalue weighted by atomic mass is 19.4. The second kappa shape index (κ2) is 7.89. The van der Waals surface area contributed by atoms with Gasteiger partial charge in [0.05, 0.1) is 5.52 Å². The van der Waals surface area contributed by atoms with E-state index in [0.717, 1.165) is 41.3 Å². The fraction of sp³-hybridized carbons (Fsp3) is 0.304. The van der Waals surface area contributed by atoms with Gasteiger partial charge in [-0.25, -0.2) is 9.78 Å². The number of halogens is 3. The van der Waals surface area contributed by atoms with Crippen LogP contribution in [-0.2, 0) is 0 Å². The number of hydrogen-bond donors (Lipinski definition) is 2. The van der Waals surface area contributed by atoms with E-state index in [0.29, 0.717) is 17.4 Å². The Kier molecular flexibility index (Phi) is 5.03. The number of amides is 2. The van der Waals surface area contributed by atoms with Gasteiger partial charge in [0.25, 0.3) is 0 Å². The summed E-state index contributed by atoms with van der Waals surface area (Å²) in [5.41, 5.74) is 1.78. The molecule has 6 nitrogen and oxygen atoms in total. The van der Waals surface area contributed by atoms with Crippen molar-refractivity contribution < 1.29 is 22.7 Å². The number of piperidine rings is 1. The maximum absolute atomic E-state index is 12.3. The molecule has 3 aromatic rings. The first kappa shape index (κ1) is 20.4. The molecule has 166 valence electrons. The minimum Gasteiger partial charge on any atom is -0.406 e. The molecule has 0 unspecified atom stereocenters. The number of anilines is 3. The number of fused-ring (bicyclic) bond motifs is 3. The summed E-state index contributed by atoms with van der Waals surface area (Å²) in [6.45, 7) is 1.08. The van der Waals surface area contributed by atoms with Gasteiger partial charge < -0.3 is 20.3 Å². The molecule has 0 radical (unpaired) electrons. The zero-order valence-electron chi connectivity index (χ0n) is 17.0. The van der Waals surface area contributed by atoms with Crippen molar-refractivity contribution >= 4 is 34.1 Å². The Hall–Kier alpha value is -3.49. The number of ether oxygens (including phenoxy) is 1. The van der Waals surface area contributed by atoms with E-state index < -0.39 is 12.4 Å². The maximum Gasteiger partial charge on any atom is 0.573 e. The second-order valence-corrected chi connectivity index (χ2v) is 8.21. The highest BCUT2D eigenvalue weighted by Gasteiger charge is 2.38. The van der Waals surface area contributed by atoms with E-state index in [4.69, 9.17) is 4.98 Å². The number of nitrogens with one attached hydrogen (secondary N) is 2. The topological polar surface area (TPSA) is 66.5 Å². The number of pyridine rings is 1. The molecule has 1 aliphatic carbocycles. The van der Waals surface area contributed by atoms with Gasteiger partial charge in [-0.1, -0.05) is 0 Å². The summed E-state index contributed by atoms with van der Waals surface area (Å²) >= 11 is 0. The molecular formula is C23H21F3N4O2. The highest BCUT2D eigenvalue weighted by molar-refractivity contribution is 6.01. The third-order valence-corrected chi connectivity index (χ3v) is 5.98. The second-order valence-electron chi connectivity index (χ2n) is 8.21. The first-order valence-electron chi connectivity index (χ1n) is 10.4. The summed E-state index contributed by atoms with van der Waals surface area (Å²) in [4.78, 5) is 19.5.